The van der Waals surface area contributed by atoms with Gasteiger partial charge in [0.05, 0.1) is 11.6 Å². The Morgan fingerprint density at radius 1 is 1.16 bits per heavy atom. The topological polar surface area (TPSA) is 75.6 Å². The SMILES string of the molecule is C#Cc1cccc2cccc(-c3nc4c5c(nc(OC[C@@]67CCCN6CCC7=C)nc5c3F)N3C[C@H]5CC[C@H](N5)[C@H]3[C@H](C)O4)c12. The van der Waals surface area contributed by atoms with Crippen LogP contribution < -0.4 is 19.7 Å². The maximum Gasteiger partial charge on any atom is 0.319 e. The van der Waals surface area contributed by atoms with E-state index in [4.69, 9.17) is 30.8 Å². The highest BCUT2D eigenvalue weighted by molar-refractivity contribution is 6.03. The van der Waals surface area contributed by atoms with E-state index in [2.05, 4.69) is 34.5 Å². The third-order valence-electron chi connectivity index (χ3n) is 10.9. The Hall–Kier alpha value is -4.26. The number of piperazine rings is 1. The van der Waals surface area contributed by atoms with Crippen molar-refractivity contribution < 1.29 is 13.9 Å². The second kappa shape index (κ2) is 9.87. The Kier molecular flexibility index (Phi) is 5.94. The van der Waals surface area contributed by atoms with E-state index in [1.165, 1.54) is 5.57 Å². The highest BCUT2D eigenvalue weighted by Gasteiger charge is 2.49. The van der Waals surface area contributed by atoms with Crippen LogP contribution in [-0.4, -0.2) is 75.9 Å². The zero-order chi connectivity index (χ0) is 30.4. The molecule has 2 bridgehead atoms. The first-order chi connectivity index (χ1) is 21.9. The Balaban J connectivity index is 1.25. The Morgan fingerprint density at radius 2 is 2.02 bits per heavy atom. The molecule has 9 rings (SSSR count). The van der Waals surface area contributed by atoms with Crippen LogP contribution in [0.5, 0.6) is 11.9 Å². The van der Waals surface area contributed by atoms with Gasteiger partial charge in [-0.3, -0.25) is 4.90 Å². The van der Waals surface area contributed by atoms with Gasteiger partial charge in [-0.05, 0) is 57.0 Å². The van der Waals surface area contributed by atoms with E-state index in [0.717, 1.165) is 62.5 Å². The van der Waals surface area contributed by atoms with Crippen LogP contribution in [0.1, 0.15) is 44.6 Å². The summed E-state index contributed by atoms with van der Waals surface area (Å²) in [7, 11) is 0. The van der Waals surface area contributed by atoms with E-state index in [9.17, 15) is 0 Å². The van der Waals surface area contributed by atoms with Crippen molar-refractivity contribution in [2.45, 2.75) is 68.8 Å². The number of benzene rings is 2. The fourth-order valence-electron chi connectivity index (χ4n) is 8.80. The minimum Gasteiger partial charge on any atom is -0.472 e. The number of nitrogens with zero attached hydrogens (tertiary/aromatic N) is 5. The lowest BCUT2D eigenvalue weighted by Crippen LogP contribution is -2.62. The third kappa shape index (κ3) is 3.88. The molecular formula is C36H35FN6O2. The molecule has 1 N–H and O–H groups in total. The highest BCUT2D eigenvalue weighted by atomic mass is 19.1. The van der Waals surface area contributed by atoms with Gasteiger partial charge in [-0.25, -0.2) is 9.37 Å². The van der Waals surface area contributed by atoms with Crippen molar-refractivity contribution in [3.05, 3.63) is 59.9 Å². The monoisotopic (exact) mass is 602 g/mol. The molecule has 7 heterocycles. The average Bonchev–Trinajstić information content (AvgIpc) is 3.72. The summed E-state index contributed by atoms with van der Waals surface area (Å²) < 4.78 is 30.2. The van der Waals surface area contributed by atoms with E-state index in [1.54, 1.807) is 0 Å². The average molecular weight is 603 g/mol. The third-order valence-corrected chi connectivity index (χ3v) is 10.9. The Bertz CT molecular complexity index is 1950. The van der Waals surface area contributed by atoms with Crippen LogP contribution in [0.4, 0.5) is 10.2 Å². The van der Waals surface area contributed by atoms with E-state index >= 15 is 4.39 Å². The zero-order valence-corrected chi connectivity index (χ0v) is 25.4. The largest absolute Gasteiger partial charge is 0.472 e. The van der Waals surface area contributed by atoms with Gasteiger partial charge < -0.3 is 19.7 Å². The molecule has 8 nitrogen and oxygen atoms in total. The Labute approximate surface area is 261 Å². The number of terminal acetylenes is 1. The zero-order valence-electron chi connectivity index (χ0n) is 25.4. The van der Waals surface area contributed by atoms with Crippen LogP contribution in [0, 0.1) is 18.2 Å². The normalized spacial score (nSPS) is 28.6. The van der Waals surface area contributed by atoms with Crippen LogP contribution in [0.25, 0.3) is 32.9 Å². The fourth-order valence-corrected chi connectivity index (χ4v) is 8.80. The summed E-state index contributed by atoms with van der Waals surface area (Å²) in [5, 5.41) is 5.94. The van der Waals surface area contributed by atoms with Gasteiger partial charge >= 0.3 is 6.01 Å². The molecule has 5 aliphatic rings. The predicted octanol–water partition coefficient (Wildman–Crippen LogP) is 5.23. The second-order valence-corrected chi connectivity index (χ2v) is 13.3. The van der Waals surface area contributed by atoms with Gasteiger partial charge in [0.25, 0.3) is 0 Å². The molecule has 5 atom stereocenters. The van der Waals surface area contributed by atoms with Crippen molar-refractivity contribution in [1.29, 1.82) is 0 Å². The molecule has 228 valence electrons. The van der Waals surface area contributed by atoms with Gasteiger partial charge in [-0.1, -0.05) is 48.4 Å². The number of anilines is 1. The molecule has 0 unspecified atom stereocenters. The van der Waals surface area contributed by atoms with Gasteiger partial charge in [0, 0.05) is 41.7 Å². The summed E-state index contributed by atoms with van der Waals surface area (Å²) in [6.45, 7) is 9.63. The first-order valence-corrected chi connectivity index (χ1v) is 16.1. The number of ether oxygens (including phenoxy) is 2. The van der Waals surface area contributed by atoms with Crippen LogP contribution in [-0.2, 0) is 0 Å². The van der Waals surface area contributed by atoms with Crippen LogP contribution in [0.3, 0.4) is 0 Å². The minimum atomic E-state index is -0.541. The molecule has 2 aromatic carbocycles. The van der Waals surface area contributed by atoms with Gasteiger partial charge in [-0.2, -0.15) is 9.97 Å². The molecule has 0 radical (unpaired) electrons. The number of aromatic nitrogens is 3. The summed E-state index contributed by atoms with van der Waals surface area (Å²) >= 11 is 0. The lowest BCUT2D eigenvalue weighted by atomic mass is 9.91. The number of halogens is 1. The van der Waals surface area contributed by atoms with Gasteiger partial charge in [0.15, 0.2) is 5.82 Å². The van der Waals surface area contributed by atoms with Crippen molar-refractivity contribution in [1.82, 2.24) is 25.2 Å². The molecule has 5 aliphatic heterocycles. The van der Waals surface area contributed by atoms with Crippen molar-refractivity contribution in [2.24, 2.45) is 0 Å². The summed E-state index contributed by atoms with van der Waals surface area (Å²) in [5.74, 6) is 3.20. The van der Waals surface area contributed by atoms with Crippen LogP contribution in [0.15, 0.2) is 48.6 Å². The van der Waals surface area contributed by atoms with E-state index in [-0.39, 0.29) is 40.9 Å². The lowest BCUT2D eigenvalue weighted by molar-refractivity contribution is 0.130. The summed E-state index contributed by atoms with van der Waals surface area (Å²) in [6.07, 6.45) is 10.9. The molecule has 0 amide bonds. The summed E-state index contributed by atoms with van der Waals surface area (Å²) in [5.41, 5.74) is 2.55. The molecule has 4 aromatic rings. The summed E-state index contributed by atoms with van der Waals surface area (Å²) in [4.78, 5) is 19.5. The molecule has 0 spiro atoms. The van der Waals surface area contributed by atoms with Gasteiger partial charge in [0.2, 0.25) is 5.88 Å². The van der Waals surface area contributed by atoms with Crippen molar-refractivity contribution in [3.8, 4) is 35.5 Å². The standard InChI is InChI=1S/C36H35FN6O2/c1-4-22-8-5-9-23-10-6-11-25(27(22)23)30-29(37)31-28-33(41-35(40-31)44-19-36-15-7-16-42(36)17-14-20(36)2)43-18-24-12-13-26(38-24)32(43)21(3)45-34(28)39-30/h1,5-6,8-11,21,24,26,32,38H,2,7,12-19H2,3H3/t21-,24+,26-,32+,36+/m0/s1. The minimum absolute atomic E-state index is 0.000429. The molecule has 0 aliphatic carbocycles. The van der Waals surface area contributed by atoms with E-state index in [1.807, 2.05) is 36.4 Å². The number of hydrogen-bond donors (Lipinski definition) is 1. The van der Waals surface area contributed by atoms with Crippen LogP contribution >= 0.6 is 0 Å². The summed E-state index contributed by atoms with van der Waals surface area (Å²) in [6, 6.07) is 12.2. The number of pyridine rings is 1. The molecule has 2 aromatic heterocycles. The smallest absolute Gasteiger partial charge is 0.319 e. The molecular weight excluding hydrogens is 567 g/mol. The number of hydrogen-bond acceptors (Lipinski definition) is 8. The van der Waals surface area contributed by atoms with E-state index < -0.39 is 5.82 Å². The number of nitrogens with one attached hydrogen (secondary N) is 1. The molecule has 45 heavy (non-hydrogen) atoms. The highest BCUT2D eigenvalue weighted by Crippen LogP contribution is 2.46. The molecule has 4 fully saturated rings. The quantitative estimate of drug-likeness (QED) is 0.252. The molecule has 4 saturated heterocycles. The fraction of sp³-hybridized carbons (Fsp3) is 0.417. The predicted molar refractivity (Wildman–Crippen MR) is 172 cm³/mol. The number of fused-ring (bicyclic) bond motifs is 7. The number of rotatable bonds is 4. The lowest BCUT2D eigenvalue weighted by Gasteiger charge is -2.42. The first kappa shape index (κ1) is 27.1. The second-order valence-electron chi connectivity index (χ2n) is 13.3. The van der Waals surface area contributed by atoms with Crippen molar-refractivity contribution >= 4 is 27.5 Å². The van der Waals surface area contributed by atoms with Crippen molar-refractivity contribution in [3.63, 3.8) is 0 Å². The first-order valence-electron chi connectivity index (χ1n) is 16.1. The van der Waals surface area contributed by atoms with Gasteiger partial charge in [0.1, 0.15) is 35.1 Å². The molecule has 0 saturated carbocycles. The van der Waals surface area contributed by atoms with Crippen molar-refractivity contribution in [2.75, 3.05) is 31.1 Å². The maximum atomic E-state index is 17.1. The molecule has 9 heteroatoms. The maximum absolute atomic E-state index is 17.1. The van der Waals surface area contributed by atoms with E-state index in [0.29, 0.717) is 40.9 Å². The van der Waals surface area contributed by atoms with Crippen LogP contribution in [0.2, 0.25) is 0 Å². The Morgan fingerprint density at radius 3 is 2.89 bits per heavy atom. The van der Waals surface area contributed by atoms with Gasteiger partial charge in [-0.15, -0.1) is 6.42 Å².